The van der Waals surface area contributed by atoms with E-state index in [1.54, 1.807) is 0 Å². The summed E-state index contributed by atoms with van der Waals surface area (Å²) in [6, 6.07) is 13.5. The Morgan fingerprint density at radius 1 is 1.19 bits per heavy atom. The molecule has 3 nitrogen and oxygen atoms in total. The average molecular weight is 283 g/mol. The molecule has 0 aliphatic rings. The zero-order chi connectivity index (χ0) is 15.1. The van der Waals surface area contributed by atoms with Gasteiger partial charge in [0, 0.05) is 12.1 Å². The van der Waals surface area contributed by atoms with Crippen molar-refractivity contribution in [3.8, 4) is 11.8 Å². The first-order valence-electron chi connectivity index (χ1n) is 6.42. The van der Waals surface area contributed by atoms with Crippen molar-refractivity contribution >= 4 is 5.91 Å². The Balaban J connectivity index is 2.04. The molecule has 0 unspecified atom stereocenters. The first-order chi connectivity index (χ1) is 10.2. The van der Waals surface area contributed by atoms with Crippen molar-refractivity contribution in [1.82, 2.24) is 5.32 Å². The highest BCUT2D eigenvalue weighted by Gasteiger charge is 2.08. The van der Waals surface area contributed by atoms with Gasteiger partial charge in [0.1, 0.15) is 12.4 Å². The lowest BCUT2D eigenvalue weighted by Crippen LogP contribution is -2.22. The van der Waals surface area contributed by atoms with Crippen LogP contribution in [0, 0.1) is 17.7 Å². The number of aliphatic hydroxyl groups excluding tert-OH is 1. The third-order valence-corrected chi connectivity index (χ3v) is 2.83. The summed E-state index contributed by atoms with van der Waals surface area (Å²) in [5, 5.41) is 11.3. The summed E-state index contributed by atoms with van der Waals surface area (Å²) in [5.41, 5.74) is 1.36. The molecule has 2 aromatic rings. The van der Waals surface area contributed by atoms with Crippen molar-refractivity contribution in [2.24, 2.45) is 0 Å². The largest absolute Gasteiger partial charge is 0.384 e. The minimum Gasteiger partial charge on any atom is -0.384 e. The van der Waals surface area contributed by atoms with Crippen LogP contribution >= 0.6 is 0 Å². The summed E-state index contributed by atoms with van der Waals surface area (Å²) < 4.78 is 13.7. The highest BCUT2D eigenvalue weighted by molar-refractivity contribution is 5.94. The fourth-order valence-corrected chi connectivity index (χ4v) is 1.77. The van der Waals surface area contributed by atoms with E-state index in [1.165, 1.54) is 12.1 Å². The van der Waals surface area contributed by atoms with E-state index < -0.39 is 5.82 Å². The molecule has 0 heterocycles. The third-order valence-electron chi connectivity index (χ3n) is 2.83. The van der Waals surface area contributed by atoms with Crippen LogP contribution in [0.2, 0.25) is 0 Å². The van der Waals surface area contributed by atoms with Crippen molar-refractivity contribution < 1.29 is 14.3 Å². The second-order valence-electron chi connectivity index (χ2n) is 4.32. The average Bonchev–Trinajstić information content (AvgIpc) is 2.52. The normalized spacial score (nSPS) is 9.62. The molecule has 0 aromatic heterocycles. The second-order valence-corrected chi connectivity index (χ2v) is 4.32. The van der Waals surface area contributed by atoms with Gasteiger partial charge >= 0.3 is 0 Å². The number of benzene rings is 2. The number of nitrogens with one attached hydrogen (secondary N) is 1. The van der Waals surface area contributed by atoms with E-state index in [4.69, 9.17) is 5.11 Å². The van der Waals surface area contributed by atoms with Crippen LogP contribution in [0.25, 0.3) is 0 Å². The van der Waals surface area contributed by atoms with Crippen LogP contribution in [0.1, 0.15) is 21.5 Å². The molecule has 0 aliphatic carbocycles. The van der Waals surface area contributed by atoms with Crippen LogP contribution in [0.15, 0.2) is 48.5 Å². The van der Waals surface area contributed by atoms with E-state index in [1.807, 2.05) is 30.3 Å². The van der Waals surface area contributed by atoms with Crippen molar-refractivity contribution in [2.45, 2.75) is 6.54 Å². The van der Waals surface area contributed by atoms with Crippen LogP contribution < -0.4 is 5.32 Å². The minimum atomic E-state index is -0.580. The van der Waals surface area contributed by atoms with Gasteiger partial charge in [0.2, 0.25) is 0 Å². The van der Waals surface area contributed by atoms with Crippen molar-refractivity contribution in [3.05, 3.63) is 71.0 Å². The number of halogens is 1. The monoisotopic (exact) mass is 283 g/mol. The van der Waals surface area contributed by atoms with Crippen LogP contribution in [-0.2, 0) is 6.54 Å². The van der Waals surface area contributed by atoms with Crippen LogP contribution in [-0.4, -0.2) is 17.6 Å². The molecule has 1 amide bonds. The number of aliphatic hydroxyl groups is 1. The van der Waals surface area contributed by atoms with Gasteiger partial charge in [0.15, 0.2) is 0 Å². The molecule has 21 heavy (non-hydrogen) atoms. The standard InChI is InChI=1S/C17H14FNO2/c18-16-11-15(9-8-14(16)7-4-10-20)17(21)19-12-13-5-2-1-3-6-13/h1-3,5-6,8-9,11,20H,10,12H2,(H,19,21). The molecule has 0 fully saturated rings. The van der Waals surface area contributed by atoms with Gasteiger partial charge in [0.25, 0.3) is 5.91 Å². The topological polar surface area (TPSA) is 49.3 Å². The Morgan fingerprint density at radius 3 is 2.62 bits per heavy atom. The van der Waals surface area contributed by atoms with Crippen LogP contribution in [0.3, 0.4) is 0 Å². The lowest BCUT2D eigenvalue weighted by atomic mass is 10.1. The molecular formula is C17H14FNO2. The predicted molar refractivity (Wildman–Crippen MR) is 78.0 cm³/mol. The highest BCUT2D eigenvalue weighted by Crippen LogP contribution is 2.10. The smallest absolute Gasteiger partial charge is 0.251 e. The van der Waals surface area contributed by atoms with Crippen molar-refractivity contribution in [3.63, 3.8) is 0 Å². The Labute approximate surface area is 122 Å². The van der Waals surface area contributed by atoms with Gasteiger partial charge in [-0.25, -0.2) is 4.39 Å². The molecule has 0 atom stereocenters. The molecule has 0 radical (unpaired) electrons. The zero-order valence-corrected chi connectivity index (χ0v) is 11.3. The van der Waals surface area contributed by atoms with Crippen LogP contribution in [0.4, 0.5) is 4.39 Å². The fourth-order valence-electron chi connectivity index (χ4n) is 1.77. The van der Waals surface area contributed by atoms with Gasteiger partial charge in [0.05, 0.1) is 5.56 Å². The van der Waals surface area contributed by atoms with Gasteiger partial charge in [-0.15, -0.1) is 0 Å². The predicted octanol–water partition coefficient (Wildman–Crippen LogP) is 2.10. The molecule has 106 valence electrons. The molecule has 2 N–H and O–H groups in total. The van der Waals surface area contributed by atoms with Crippen molar-refractivity contribution in [1.29, 1.82) is 0 Å². The summed E-state index contributed by atoms with van der Waals surface area (Å²) in [5.74, 6) is 3.92. The van der Waals surface area contributed by atoms with Gasteiger partial charge in [-0.1, -0.05) is 42.2 Å². The SMILES string of the molecule is O=C(NCc1ccccc1)c1ccc(C#CCO)c(F)c1. The van der Waals surface area contributed by atoms with Gasteiger partial charge in [-0.2, -0.15) is 0 Å². The van der Waals surface area contributed by atoms with E-state index >= 15 is 0 Å². The molecule has 0 saturated carbocycles. The van der Waals surface area contributed by atoms with E-state index in [-0.39, 0.29) is 23.6 Å². The summed E-state index contributed by atoms with van der Waals surface area (Å²) in [6.07, 6.45) is 0. The van der Waals surface area contributed by atoms with E-state index in [9.17, 15) is 9.18 Å². The lowest BCUT2D eigenvalue weighted by Gasteiger charge is -2.06. The number of carbonyl (C=O) groups is 1. The molecule has 0 spiro atoms. The zero-order valence-electron chi connectivity index (χ0n) is 11.3. The van der Waals surface area contributed by atoms with E-state index in [0.717, 1.165) is 11.6 Å². The number of carbonyl (C=O) groups excluding carboxylic acids is 1. The molecular weight excluding hydrogens is 269 g/mol. The first kappa shape index (κ1) is 14.8. The molecule has 2 rings (SSSR count). The van der Waals surface area contributed by atoms with Crippen LogP contribution in [0.5, 0.6) is 0 Å². The maximum Gasteiger partial charge on any atom is 0.251 e. The Morgan fingerprint density at radius 2 is 1.95 bits per heavy atom. The summed E-state index contributed by atoms with van der Waals surface area (Å²) in [7, 11) is 0. The number of amides is 1. The third kappa shape index (κ3) is 4.16. The minimum absolute atomic E-state index is 0.156. The van der Waals surface area contributed by atoms with Gasteiger partial charge < -0.3 is 10.4 Å². The molecule has 0 bridgehead atoms. The second kappa shape index (κ2) is 7.22. The Kier molecular flexibility index (Phi) is 5.08. The Bertz CT molecular complexity index is 687. The maximum atomic E-state index is 13.7. The maximum absolute atomic E-state index is 13.7. The van der Waals surface area contributed by atoms with Gasteiger partial charge in [-0.05, 0) is 23.8 Å². The number of hydrogen-bond donors (Lipinski definition) is 2. The highest BCUT2D eigenvalue weighted by atomic mass is 19.1. The molecule has 0 aliphatic heterocycles. The molecule has 0 saturated heterocycles. The summed E-state index contributed by atoms with van der Waals surface area (Å²) in [4.78, 5) is 11.9. The van der Waals surface area contributed by atoms with E-state index in [2.05, 4.69) is 17.2 Å². The lowest BCUT2D eigenvalue weighted by molar-refractivity contribution is 0.0950. The Hall–Kier alpha value is -2.64. The molecule has 4 heteroatoms. The fraction of sp³-hybridized carbons (Fsp3) is 0.118. The number of hydrogen-bond acceptors (Lipinski definition) is 2. The summed E-state index contributed by atoms with van der Waals surface area (Å²) >= 11 is 0. The van der Waals surface area contributed by atoms with Crippen molar-refractivity contribution in [2.75, 3.05) is 6.61 Å². The quantitative estimate of drug-likeness (QED) is 0.848. The first-order valence-corrected chi connectivity index (χ1v) is 6.42. The summed E-state index contributed by atoms with van der Waals surface area (Å²) in [6.45, 7) is 0.0477. The van der Waals surface area contributed by atoms with Gasteiger partial charge in [-0.3, -0.25) is 4.79 Å². The number of rotatable bonds is 3. The molecule has 2 aromatic carbocycles. The van der Waals surface area contributed by atoms with E-state index in [0.29, 0.717) is 6.54 Å².